The highest BCUT2D eigenvalue weighted by Gasteiger charge is 2.46. The van der Waals surface area contributed by atoms with Gasteiger partial charge in [-0.1, -0.05) is 12.1 Å². The highest BCUT2D eigenvalue weighted by Crippen LogP contribution is 2.43. The molecule has 1 N–H and O–H groups in total. The number of carboxylic acids is 1. The molecule has 112 valence electrons. The number of nitrogens with zero attached hydrogens (tertiary/aromatic N) is 1. The van der Waals surface area contributed by atoms with Crippen molar-refractivity contribution >= 4 is 11.9 Å². The summed E-state index contributed by atoms with van der Waals surface area (Å²) in [5.41, 5.74) is 1.11. The van der Waals surface area contributed by atoms with Crippen LogP contribution in [0.5, 0.6) is 0 Å². The van der Waals surface area contributed by atoms with Crippen LogP contribution in [0.3, 0.4) is 0 Å². The molecule has 4 nitrogen and oxygen atoms in total. The van der Waals surface area contributed by atoms with Crippen molar-refractivity contribution in [3.8, 4) is 0 Å². The van der Waals surface area contributed by atoms with Crippen LogP contribution in [0.2, 0.25) is 0 Å². The maximum Gasteiger partial charge on any atom is 0.308 e. The van der Waals surface area contributed by atoms with E-state index in [0.717, 1.165) is 12.8 Å². The van der Waals surface area contributed by atoms with E-state index < -0.39 is 17.9 Å². The summed E-state index contributed by atoms with van der Waals surface area (Å²) in [6.07, 6.45) is 2.39. The second-order valence-corrected chi connectivity index (χ2v) is 5.97. The van der Waals surface area contributed by atoms with E-state index in [4.69, 9.17) is 0 Å². The normalized spacial score (nSPS) is 26.0. The zero-order chi connectivity index (χ0) is 15.1. The monoisotopic (exact) mass is 291 g/mol. The summed E-state index contributed by atoms with van der Waals surface area (Å²) in [4.78, 5) is 25.5. The van der Waals surface area contributed by atoms with Crippen LogP contribution in [0.15, 0.2) is 18.2 Å². The van der Waals surface area contributed by atoms with E-state index >= 15 is 0 Å². The van der Waals surface area contributed by atoms with Crippen molar-refractivity contribution in [3.63, 3.8) is 0 Å². The zero-order valence-electron chi connectivity index (χ0n) is 11.9. The van der Waals surface area contributed by atoms with Crippen LogP contribution >= 0.6 is 0 Å². The lowest BCUT2D eigenvalue weighted by Gasteiger charge is -2.40. The van der Waals surface area contributed by atoms with Crippen molar-refractivity contribution in [1.82, 2.24) is 4.90 Å². The second kappa shape index (κ2) is 5.13. The number of carbonyl (C=O) groups excluding carboxylic acids is 1. The number of carbonyl (C=O) groups is 2. The molecule has 0 spiro atoms. The van der Waals surface area contributed by atoms with Gasteiger partial charge in [0.25, 0.3) is 0 Å². The van der Waals surface area contributed by atoms with E-state index in [1.165, 1.54) is 6.07 Å². The van der Waals surface area contributed by atoms with E-state index in [0.29, 0.717) is 17.5 Å². The Balaban J connectivity index is 2.03. The highest BCUT2D eigenvalue weighted by atomic mass is 19.1. The van der Waals surface area contributed by atoms with Gasteiger partial charge in [0, 0.05) is 12.5 Å². The number of hydrogen-bond donors (Lipinski definition) is 1. The van der Waals surface area contributed by atoms with E-state index in [1.54, 1.807) is 24.0 Å². The smallest absolute Gasteiger partial charge is 0.308 e. The van der Waals surface area contributed by atoms with Gasteiger partial charge in [-0.05, 0) is 43.4 Å². The van der Waals surface area contributed by atoms with E-state index in [2.05, 4.69) is 0 Å². The Morgan fingerprint density at radius 2 is 2.05 bits per heavy atom. The molecule has 5 heteroatoms. The molecule has 2 aliphatic rings. The maximum atomic E-state index is 13.9. The first-order chi connectivity index (χ1) is 9.99. The molecule has 0 bridgehead atoms. The topological polar surface area (TPSA) is 57.6 Å². The summed E-state index contributed by atoms with van der Waals surface area (Å²) in [5.74, 6) is -1.95. The van der Waals surface area contributed by atoms with Crippen LogP contribution in [-0.2, 0) is 9.59 Å². The van der Waals surface area contributed by atoms with Crippen molar-refractivity contribution in [1.29, 1.82) is 0 Å². The predicted octanol–water partition coefficient (Wildman–Crippen LogP) is 2.66. The van der Waals surface area contributed by atoms with Crippen molar-refractivity contribution in [2.45, 2.75) is 44.7 Å². The van der Waals surface area contributed by atoms with Gasteiger partial charge >= 0.3 is 5.97 Å². The Bertz CT molecular complexity index is 597. The van der Waals surface area contributed by atoms with E-state index in [9.17, 15) is 19.1 Å². The fourth-order valence-corrected chi connectivity index (χ4v) is 3.14. The minimum atomic E-state index is -0.917. The summed E-state index contributed by atoms with van der Waals surface area (Å²) in [6, 6.07) is 4.34. The van der Waals surface area contributed by atoms with Gasteiger partial charge in [-0.2, -0.15) is 0 Å². The molecular formula is C16H18FNO3. The van der Waals surface area contributed by atoms with Crippen LogP contribution < -0.4 is 0 Å². The minimum Gasteiger partial charge on any atom is -0.481 e. The number of benzene rings is 1. The Hall–Kier alpha value is -1.91. The Kier molecular flexibility index (Phi) is 3.43. The van der Waals surface area contributed by atoms with Crippen LogP contribution in [0.4, 0.5) is 4.39 Å². The Morgan fingerprint density at radius 3 is 2.62 bits per heavy atom. The molecule has 1 saturated heterocycles. The number of aryl methyl sites for hydroxylation is 1. The van der Waals surface area contributed by atoms with E-state index in [1.807, 2.05) is 0 Å². The number of amides is 1. The largest absolute Gasteiger partial charge is 0.481 e. The van der Waals surface area contributed by atoms with Crippen LogP contribution in [0.25, 0.3) is 0 Å². The molecular weight excluding hydrogens is 273 g/mol. The fourth-order valence-electron chi connectivity index (χ4n) is 3.14. The first-order valence-corrected chi connectivity index (χ1v) is 7.29. The standard InChI is InChI=1S/C16H18FNO3/c1-9-2-3-10(8-13(9)17)15-12(16(20)21)6-7-14(19)18(15)11-4-5-11/h2-3,8,11-12,15H,4-7H2,1H3,(H,20,21). The molecule has 1 amide bonds. The molecule has 2 unspecified atom stereocenters. The third kappa shape index (κ3) is 2.52. The molecule has 21 heavy (non-hydrogen) atoms. The summed E-state index contributed by atoms with van der Waals surface area (Å²) >= 11 is 0. The molecule has 1 aliphatic heterocycles. The first-order valence-electron chi connectivity index (χ1n) is 7.29. The number of hydrogen-bond acceptors (Lipinski definition) is 2. The molecule has 1 heterocycles. The average molecular weight is 291 g/mol. The molecule has 1 aromatic rings. The summed E-state index contributed by atoms with van der Waals surface area (Å²) in [6.45, 7) is 1.67. The number of piperidine rings is 1. The molecule has 0 aromatic heterocycles. The summed E-state index contributed by atoms with van der Waals surface area (Å²) in [5, 5.41) is 9.47. The van der Waals surface area contributed by atoms with Crippen molar-refractivity contribution in [3.05, 3.63) is 35.1 Å². The molecule has 2 fully saturated rings. The number of aliphatic carboxylic acids is 1. The van der Waals surface area contributed by atoms with Gasteiger partial charge < -0.3 is 10.0 Å². The molecule has 2 atom stereocenters. The number of halogens is 1. The SMILES string of the molecule is Cc1ccc(C2C(C(=O)O)CCC(=O)N2C2CC2)cc1F. The van der Waals surface area contributed by atoms with Gasteiger partial charge in [0.15, 0.2) is 0 Å². The lowest BCUT2D eigenvalue weighted by molar-refractivity contribution is -0.152. The number of likely N-dealkylation sites (tertiary alicyclic amines) is 1. The lowest BCUT2D eigenvalue weighted by Crippen LogP contribution is -2.46. The average Bonchev–Trinajstić information content (AvgIpc) is 3.25. The highest BCUT2D eigenvalue weighted by molar-refractivity contribution is 5.82. The quantitative estimate of drug-likeness (QED) is 0.931. The molecule has 1 aliphatic carbocycles. The van der Waals surface area contributed by atoms with Crippen LogP contribution in [-0.4, -0.2) is 27.9 Å². The summed E-state index contributed by atoms with van der Waals surface area (Å²) < 4.78 is 13.9. The fraction of sp³-hybridized carbons (Fsp3) is 0.500. The Morgan fingerprint density at radius 1 is 1.33 bits per heavy atom. The van der Waals surface area contributed by atoms with Gasteiger partial charge in [0.05, 0.1) is 12.0 Å². The third-order valence-corrected chi connectivity index (χ3v) is 4.43. The molecule has 1 saturated carbocycles. The van der Waals surface area contributed by atoms with Gasteiger partial charge in [-0.25, -0.2) is 4.39 Å². The van der Waals surface area contributed by atoms with E-state index in [-0.39, 0.29) is 24.2 Å². The van der Waals surface area contributed by atoms with Gasteiger partial charge in [-0.3, -0.25) is 9.59 Å². The van der Waals surface area contributed by atoms with Gasteiger partial charge in [-0.15, -0.1) is 0 Å². The van der Waals surface area contributed by atoms with Crippen LogP contribution in [0, 0.1) is 18.7 Å². The van der Waals surface area contributed by atoms with Crippen molar-refractivity contribution < 1.29 is 19.1 Å². The molecule has 1 aromatic carbocycles. The number of rotatable bonds is 3. The minimum absolute atomic E-state index is 0.0130. The third-order valence-electron chi connectivity index (χ3n) is 4.43. The van der Waals surface area contributed by atoms with Gasteiger partial charge in [0.2, 0.25) is 5.91 Å². The molecule has 0 radical (unpaired) electrons. The maximum absolute atomic E-state index is 13.9. The first kappa shape index (κ1) is 14.0. The second-order valence-electron chi connectivity index (χ2n) is 5.97. The van der Waals surface area contributed by atoms with Crippen LogP contribution in [0.1, 0.15) is 42.9 Å². The van der Waals surface area contributed by atoms with Crippen molar-refractivity contribution in [2.75, 3.05) is 0 Å². The molecule has 3 rings (SSSR count). The Labute approximate surface area is 122 Å². The van der Waals surface area contributed by atoms with Gasteiger partial charge in [0.1, 0.15) is 5.82 Å². The van der Waals surface area contributed by atoms with Crippen molar-refractivity contribution in [2.24, 2.45) is 5.92 Å². The lowest BCUT2D eigenvalue weighted by atomic mass is 9.84. The number of carboxylic acid groups (broad SMARTS) is 1. The zero-order valence-corrected chi connectivity index (χ0v) is 11.9. The predicted molar refractivity (Wildman–Crippen MR) is 74.1 cm³/mol. The summed E-state index contributed by atoms with van der Waals surface area (Å²) in [7, 11) is 0.